The summed E-state index contributed by atoms with van der Waals surface area (Å²) in [6.07, 6.45) is 3.88. The highest BCUT2D eigenvalue weighted by Gasteiger charge is 2.07. The Balaban J connectivity index is 1.32. The number of aryl methyl sites for hydroxylation is 1. The summed E-state index contributed by atoms with van der Waals surface area (Å²) in [6.45, 7) is 4.60. The first kappa shape index (κ1) is 22.4. The molecule has 0 fully saturated rings. The van der Waals surface area contributed by atoms with E-state index in [0.29, 0.717) is 6.54 Å². The fourth-order valence-electron chi connectivity index (χ4n) is 3.65. The van der Waals surface area contributed by atoms with Gasteiger partial charge in [-0.15, -0.1) is 0 Å². The molecule has 3 N–H and O–H groups in total. The Hall–Kier alpha value is -3.84. The Morgan fingerprint density at radius 1 is 0.970 bits per heavy atom. The Kier molecular flexibility index (Phi) is 6.90. The minimum atomic E-state index is -0.270. The molecule has 0 aliphatic rings. The number of likely N-dealkylation sites (N-methyl/N-ethyl adjacent to an activating group) is 1. The number of carbonyl (C=O) groups is 1. The normalized spacial score (nSPS) is 11.0. The van der Waals surface area contributed by atoms with Crippen LogP contribution in [0, 0.1) is 6.92 Å². The summed E-state index contributed by atoms with van der Waals surface area (Å²) in [5, 5.41) is 10.3. The third-order valence-corrected chi connectivity index (χ3v) is 5.56. The van der Waals surface area contributed by atoms with E-state index in [4.69, 9.17) is 0 Å². The van der Waals surface area contributed by atoms with Gasteiger partial charge in [-0.3, -0.25) is 4.98 Å². The predicted octanol–water partition coefficient (Wildman–Crippen LogP) is 5.16. The average molecular weight is 443 g/mol. The molecule has 4 aromatic rings. The SMILES string of the molecule is Cc1ncccc1CNc1ccc(NC(=O)Nc2ccc3c(ccn3CCN(C)C)c2)cc1. The fraction of sp³-hybridized carbons (Fsp3) is 0.231. The van der Waals surface area contributed by atoms with Gasteiger partial charge in [0.05, 0.1) is 0 Å². The van der Waals surface area contributed by atoms with E-state index in [0.717, 1.165) is 52.3 Å². The van der Waals surface area contributed by atoms with Crippen molar-refractivity contribution in [1.82, 2.24) is 14.5 Å². The summed E-state index contributed by atoms with van der Waals surface area (Å²) in [5.74, 6) is 0. The van der Waals surface area contributed by atoms with Gasteiger partial charge in [-0.05, 0) is 81.2 Å². The smallest absolute Gasteiger partial charge is 0.323 e. The molecule has 33 heavy (non-hydrogen) atoms. The van der Waals surface area contributed by atoms with Crippen molar-refractivity contribution < 1.29 is 4.79 Å². The van der Waals surface area contributed by atoms with Crippen LogP contribution in [-0.4, -0.2) is 41.1 Å². The molecule has 4 rings (SSSR count). The Labute approximate surface area is 194 Å². The zero-order valence-corrected chi connectivity index (χ0v) is 19.3. The van der Waals surface area contributed by atoms with Gasteiger partial charge in [0, 0.05) is 65.7 Å². The van der Waals surface area contributed by atoms with Gasteiger partial charge in [-0.25, -0.2) is 4.79 Å². The summed E-state index contributed by atoms with van der Waals surface area (Å²) in [7, 11) is 4.14. The highest BCUT2D eigenvalue weighted by atomic mass is 16.2. The van der Waals surface area contributed by atoms with Crippen LogP contribution in [0.3, 0.4) is 0 Å². The van der Waals surface area contributed by atoms with Crippen molar-refractivity contribution >= 4 is 34.0 Å². The van der Waals surface area contributed by atoms with Crippen LogP contribution >= 0.6 is 0 Å². The molecule has 0 aliphatic heterocycles. The second-order valence-corrected chi connectivity index (χ2v) is 8.34. The fourth-order valence-corrected chi connectivity index (χ4v) is 3.65. The van der Waals surface area contributed by atoms with Crippen molar-refractivity contribution in [2.24, 2.45) is 0 Å². The van der Waals surface area contributed by atoms with Crippen LogP contribution in [-0.2, 0) is 13.1 Å². The minimum absolute atomic E-state index is 0.270. The molecule has 0 unspecified atom stereocenters. The molecule has 2 amide bonds. The minimum Gasteiger partial charge on any atom is -0.381 e. The van der Waals surface area contributed by atoms with E-state index in [1.807, 2.05) is 55.5 Å². The molecule has 0 spiro atoms. The predicted molar refractivity (Wildman–Crippen MR) is 136 cm³/mol. The highest BCUT2D eigenvalue weighted by Crippen LogP contribution is 2.21. The monoisotopic (exact) mass is 442 g/mol. The van der Waals surface area contributed by atoms with Crippen LogP contribution in [0.1, 0.15) is 11.3 Å². The molecule has 2 aromatic heterocycles. The maximum absolute atomic E-state index is 12.5. The van der Waals surface area contributed by atoms with Crippen LogP contribution in [0.2, 0.25) is 0 Å². The van der Waals surface area contributed by atoms with Gasteiger partial charge >= 0.3 is 6.03 Å². The van der Waals surface area contributed by atoms with Gasteiger partial charge in [0.1, 0.15) is 0 Å². The first-order valence-electron chi connectivity index (χ1n) is 11.0. The lowest BCUT2D eigenvalue weighted by Gasteiger charge is -2.12. The number of urea groups is 1. The van der Waals surface area contributed by atoms with Gasteiger partial charge in [0.25, 0.3) is 0 Å². The van der Waals surface area contributed by atoms with Crippen molar-refractivity contribution in [3.05, 3.63) is 84.3 Å². The third-order valence-electron chi connectivity index (χ3n) is 5.56. The van der Waals surface area contributed by atoms with E-state index >= 15 is 0 Å². The number of aromatic nitrogens is 2. The van der Waals surface area contributed by atoms with E-state index in [1.54, 1.807) is 6.20 Å². The molecular weight excluding hydrogens is 412 g/mol. The molecule has 2 heterocycles. The van der Waals surface area contributed by atoms with Gasteiger partial charge in [0.15, 0.2) is 0 Å². The second kappa shape index (κ2) is 10.2. The second-order valence-electron chi connectivity index (χ2n) is 8.34. The molecule has 0 radical (unpaired) electrons. The summed E-state index contributed by atoms with van der Waals surface area (Å²) in [6, 6.07) is 19.4. The lowest BCUT2D eigenvalue weighted by atomic mass is 10.2. The number of amides is 2. The van der Waals surface area contributed by atoms with Gasteiger partial charge < -0.3 is 25.4 Å². The standard InChI is InChI=1S/C26H30N6O/c1-19-21(5-4-13-27-19)18-28-22-6-8-23(9-7-22)29-26(33)30-24-10-11-25-20(17-24)12-14-32(25)16-15-31(2)3/h4-14,17,28H,15-16,18H2,1-3H3,(H2,29,30,33). The number of fused-ring (bicyclic) bond motifs is 1. The number of pyridine rings is 1. The number of hydrogen-bond acceptors (Lipinski definition) is 4. The molecule has 0 atom stereocenters. The maximum Gasteiger partial charge on any atom is 0.323 e. The highest BCUT2D eigenvalue weighted by molar-refractivity contribution is 6.01. The summed E-state index contributed by atoms with van der Waals surface area (Å²) < 4.78 is 2.23. The Morgan fingerprint density at radius 3 is 2.45 bits per heavy atom. The maximum atomic E-state index is 12.5. The lowest BCUT2D eigenvalue weighted by molar-refractivity contribution is 0.262. The first-order chi connectivity index (χ1) is 16.0. The van der Waals surface area contributed by atoms with Gasteiger partial charge in [0.2, 0.25) is 0 Å². The van der Waals surface area contributed by atoms with Crippen LogP contribution in [0.5, 0.6) is 0 Å². The average Bonchev–Trinajstić information content (AvgIpc) is 3.20. The van der Waals surface area contributed by atoms with Crippen molar-refractivity contribution in [3.8, 4) is 0 Å². The van der Waals surface area contributed by atoms with Crippen molar-refractivity contribution in [1.29, 1.82) is 0 Å². The zero-order chi connectivity index (χ0) is 23.2. The summed E-state index contributed by atoms with van der Waals surface area (Å²) >= 11 is 0. The molecule has 0 bridgehead atoms. The number of carbonyl (C=O) groups excluding carboxylic acids is 1. The van der Waals surface area contributed by atoms with Crippen molar-refractivity contribution in [2.75, 3.05) is 36.6 Å². The van der Waals surface area contributed by atoms with Crippen LogP contribution in [0.15, 0.2) is 73.1 Å². The molecule has 7 nitrogen and oxygen atoms in total. The summed E-state index contributed by atoms with van der Waals surface area (Å²) in [4.78, 5) is 18.9. The van der Waals surface area contributed by atoms with Gasteiger partial charge in [-0.2, -0.15) is 0 Å². The number of rotatable bonds is 8. The zero-order valence-electron chi connectivity index (χ0n) is 19.3. The van der Waals surface area contributed by atoms with E-state index in [9.17, 15) is 4.79 Å². The van der Waals surface area contributed by atoms with E-state index in [-0.39, 0.29) is 6.03 Å². The summed E-state index contributed by atoms with van der Waals surface area (Å²) in [5.41, 5.74) is 5.80. The molecule has 0 aliphatic carbocycles. The van der Waals surface area contributed by atoms with Gasteiger partial charge in [-0.1, -0.05) is 6.07 Å². The molecule has 0 saturated heterocycles. The van der Waals surface area contributed by atoms with E-state index in [1.165, 1.54) is 0 Å². The molecule has 2 aromatic carbocycles. The molecule has 170 valence electrons. The largest absolute Gasteiger partial charge is 0.381 e. The molecule has 0 saturated carbocycles. The van der Waals surface area contributed by atoms with Crippen molar-refractivity contribution in [2.45, 2.75) is 20.0 Å². The quantitative estimate of drug-likeness (QED) is 0.352. The number of anilines is 3. The van der Waals surface area contributed by atoms with Crippen LogP contribution in [0.4, 0.5) is 21.9 Å². The number of nitrogens with one attached hydrogen (secondary N) is 3. The number of benzene rings is 2. The molecular formula is C26H30N6O. The topological polar surface area (TPSA) is 74.2 Å². The van der Waals surface area contributed by atoms with Crippen LogP contribution < -0.4 is 16.0 Å². The Bertz CT molecular complexity index is 1230. The first-order valence-corrected chi connectivity index (χ1v) is 11.0. The third kappa shape index (κ3) is 5.90. The van der Waals surface area contributed by atoms with E-state index in [2.05, 4.69) is 62.8 Å². The lowest BCUT2D eigenvalue weighted by Crippen LogP contribution is -2.19. The molecule has 7 heteroatoms. The number of hydrogen-bond donors (Lipinski definition) is 3. The van der Waals surface area contributed by atoms with E-state index < -0.39 is 0 Å². The van der Waals surface area contributed by atoms with Crippen LogP contribution in [0.25, 0.3) is 10.9 Å². The van der Waals surface area contributed by atoms with Crippen molar-refractivity contribution in [3.63, 3.8) is 0 Å². The Morgan fingerprint density at radius 2 is 1.70 bits per heavy atom. The number of nitrogens with zero attached hydrogens (tertiary/aromatic N) is 3.